The molecular weight excluding hydrogens is 418 g/mol. The minimum Gasteiger partial charge on any atom is -0.480 e. The number of unbranched alkanes of at least 4 members (excludes halogenated alkanes) is 8. The summed E-state index contributed by atoms with van der Waals surface area (Å²) in [6.07, 6.45) is 11.9. The predicted octanol–water partition coefficient (Wildman–Crippen LogP) is 4.09. The van der Waals surface area contributed by atoms with Crippen LogP contribution in [0.4, 0.5) is 0 Å². The molecule has 0 aromatic heterocycles. The maximum absolute atomic E-state index is 11.7. The maximum atomic E-state index is 11.7. The number of nitrogens with one attached hydrogen (secondary N) is 1. The van der Waals surface area contributed by atoms with E-state index in [-0.39, 0.29) is 19.1 Å². The lowest BCUT2D eigenvalue weighted by atomic mass is 10.0. The zero-order chi connectivity index (χ0) is 23.2. The fourth-order valence-electron chi connectivity index (χ4n) is 3.09. The molecule has 8 heteroatoms. The van der Waals surface area contributed by atoms with Crippen LogP contribution >= 0.6 is 12.6 Å². The number of aliphatic carboxylic acids is 1. The number of carboxylic acid groups (broad SMARTS) is 1. The molecule has 0 aliphatic carbocycles. The van der Waals surface area contributed by atoms with E-state index < -0.39 is 17.9 Å². The van der Waals surface area contributed by atoms with Gasteiger partial charge in [0, 0.05) is 6.61 Å². The van der Waals surface area contributed by atoms with Crippen molar-refractivity contribution in [3.8, 4) is 0 Å². The number of carbonyl (C=O) groups excluding carboxylic acids is 1. The molecule has 0 rings (SSSR count). The van der Waals surface area contributed by atoms with Crippen molar-refractivity contribution in [3.05, 3.63) is 0 Å². The molecule has 0 aliphatic heterocycles. The lowest BCUT2D eigenvalue weighted by Crippen LogP contribution is -2.43. The molecule has 0 heterocycles. The largest absolute Gasteiger partial charge is 0.480 e. The highest BCUT2D eigenvalue weighted by atomic mass is 32.1. The molecular formula is C23H45NO6S. The molecule has 184 valence electrons. The van der Waals surface area contributed by atoms with Crippen molar-refractivity contribution < 1.29 is 28.9 Å². The first-order valence-electron chi connectivity index (χ1n) is 11.8. The van der Waals surface area contributed by atoms with Crippen molar-refractivity contribution >= 4 is 24.5 Å². The molecule has 1 atom stereocenters. The van der Waals surface area contributed by atoms with E-state index in [9.17, 15) is 9.59 Å². The lowest BCUT2D eigenvalue weighted by Gasteiger charge is -2.16. The van der Waals surface area contributed by atoms with Crippen molar-refractivity contribution in [2.45, 2.75) is 84.1 Å². The summed E-state index contributed by atoms with van der Waals surface area (Å²) in [6.45, 7) is 6.13. The highest BCUT2D eigenvalue weighted by molar-refractivity contribution is 7.80. The normalized spacial score (nSPS) is 12.3. The summed E-state index contributed by atoms with van der Waals surface area (Å²) in [6, 6.07) is -0.877. The molecule has 0 radical (unpaired) electrons. The number of rotatable bonds is 23. The molecule has 0 aromatic rings. The van der Waals surface area contributed by atoms with Crippen molar-refractivity contribution in [3.63, 3.8) is 0 Å². The zero-order valence-corrected chi connectivity index (χ0v) is 20.5. The van der Waals surface area contributed by atoms with Gasteiger partial charge < -0.3 is 24.6 Å². The second kappa shape index (κ2) is 22.4. The molecule has 7 nitrogen and oxygen atoms in total. The quantitative estimate of drug-likeness (QED) is 0.156. The number of carboxylic acids is 1. The minimum atomic E-state index is -1.03. The van der Waals surface area contributed by atoms with E-state index in [2.05, 4.69) is 17.9 Å². The molecule has 0 aromatic carbocycles. The standard InChI is InChI=1S/C23H45NO6S/c1-20(2)18-21(23(26)27)24-22(25)19-30-16-15-29-14-13-28-12-10-8-6-4-3-5-7-9-11-17-31/h20-21,31H,3-19H2,1-2H3,(H,24,25)(H,26,27)/t21-/m0/s1. The summed E-state index contributed by atoms with van der Waals surface area (Å²) in [5.41, 5.74) is 0. The average Bonchev–Trinajstić information content (AvgIpc) is 2.72. The second-order valence-electron chi connectivity index (χ2n) is 8.27. The average molecular weight is 464 g/mol. The van der Waals surface area contributed by atoms with Gasteiger partial charge in [0.2, 0.25) is 5.91 Å². The Balaban J connectivity index is 3.34. The van der Waals surface area contributed by atoms with Crippen LogP contribution in [-0.2, 0) is 23.8 Å². The minimum absolute atomic E-state index is 0.169. The van der Waals surface area contributed by atoms with Crippen molar-refractivity contribution in [1.29, 1.82) is 0 Å². The van der Waals surface area contributed by atoms with Gasteiger partial charge in [-0.2, -0.15) is 12.6 Å². The van der Waals surface area contributed by atoms with Crippen molar-refractivity contribution in [2.24, 2.45) is 5.92 Å². The van der Waals surface area contributed by atoms with Gasteiger partial charge in [-0.1, -0.05) is 58.8 Å². The van der Waals surface area contributed by atoms with Gasteiger partial charge in [0.1, 0.15) is 12.6 Å². The summed E-state index contributed by atoms with van der Waals surface area (Å²) < 4.78 is 16.2. The van der Waals surface area contributed by atoms with Gasteiger partial charge in [0.25, 0.3) is 0 Å². The van der Waals surface area contributed by atoms with E-state index in [1.54, 1.807) is 0 Å². The highest BCUT2D eigenvalue weighted by Crippen LogP contribution is 2.10. The number of amides is 1. The van der Waals surface area contributed by atoms with E-state index >= 15 is 0 Å². The summed E-state index contributed by atoms with van der Waals surface area (Å²) >= 11 is 4.23. The SMILES string of the molecule is CC(C)C[C@H](NC(=O)COCCOCCOCCCCCCCCCCCS)C(=O)O. The number of carbonyl (C=O) groups is 2. The number of hydrogen-bond acceptors (Lipinski definition) is 6. The summed E-state index contributed by atoms with van der Waals surface area (Å²) in [5.74, 6) is -0.265. The molecule has 0 bridgehead atoms. The third kappa shape index (κ3) is 22.2. The topological polar surface area (TPSA) is 94.1 Å². The predicted molar refractivity (Wildman–Crippen MR) is 127 cm³/mol. The molecule has 0 aliphatic rings. The van der Waals surface area contributed by atoms with Crippen LogP contribution in [0.1, 0.15) is 78.1 Å². The van der Waals surface area contributed by atoms with Crippen LogP contribution in [0.25, 0.3) is 0 Å². The molecule has 31 heavy (non-hydrogen) atoms. The Morgan fingerprint density at radius 3 is 1.77 bits per heavy atom. The lowest BCUT2D eigenvalue weighted by molar-refractivity contribution is -0.143. The van der Waals surface area contributed by atoms with Gasteiger partial charge in [-0.25, -0.2) is 4.79 Å². The van der Waals surface area contributed by atoms with Gasteiger partial charge >= 0.3 is 5.97 Å². The monoisotopic (exact) mass is 463 g/mol. The third-order valence-corrected chi connectivity index (χ3v) is 5.08. The highest BCUT2D eigenvalue weighted by Gasteiger charge is 2.20. The van der Waals surface area contributed by atoms with Gasteiger partial charge in [0.15, 0.2) is 0 Å². The Hall–Kier alpha value is -0.830. The first kappa shape index (κ1) is 30.2. The Kier molecular flexibility index (Phi) is 21.8. The van der Waals surface area contributed by atoms with Gasteiger partial charge in [-0.05, 0) is 30.9 Å². The van der Waals surface area contributed by atoms with Crippen LogP contribution in [0.2, 0.25) is 0 Å². The van der Waals surface area contributed by atoms with Crippen LogP contribution in [0.5, 0.6) is 0 Å². The molecule has 2 N–H and O–H groups in total. The van der Waals surface area contributed by atoms with Crippen LogP contribution in [0.3, 0.4) is 0 Å². The fraction of sp³-hybridized carbons (Fsp3) is 0.913. The number of ether oxygens (including phenoxy) is 3. The molecule has 0 unspecified atom stereocenters. The number of thiol groups is 1. The van der Waals surface area contributed by atoms with Crippen LogP contribution < -0.4 is 5.32 Å². The second-order valence-corrected chi connectivity index (χ2v) is 8.72. The van der Waals surface area contributed by atoms with E-state index in [0.717, 1.165) is 18.8 Å². The van der Waals surface area contributed by atoms with Gasteiger partial charge in [-0.15, -0.1) is 0 Å². The van der Waals surface area contributed by atoms with Crippen LogP contribution in [0, 0.1) is 5.92 Å². The molecule has 0 spiro atoms. The van der Waals surface area contributed by atoms with E-state index in [1.807, 2.05) is 13.8 Å². The first-order chi connectivity index (χ1) is 15.0. The molecule has 1 amide bonds. The summed E-state index contributed by atoms with van der Waals surface area (Å²) in [5, 5.41) is 11.6. The Morgan fingerprint density at radius 2 is 1.26 bits per heavy atom. The van der Waals surface area contributed by atoms with E-state index in [1.165, 1.54) is 51.4 Å². The van der Waals surface area contributed by atoms with Gasteiger partial charge in [0.05, 0.1) is 26.4 Å². The molecule has 0 saturated heterocycles. The Morgan fingerprint density at radius 1 is 0.774 bits per heavy atom. The molecule has 0 fully saturated rings. The zero-order valence-electron chi connectivity index (χ0n) is 19.6. The third-order valence-electron chi connectivity index (χ3n) is 4.76. The summed E-state index contributed by atoms with van der Waals surface area (Å²) in [7, 11) is 0. The molecule has 0 saturated carbocycles. The van der Waals surface area contributed by atoms with Crippen LogP contribution in [-0.4, -0.2) is 68.4 Å². The fourth-order valence-corrected chi connectivity index (χ4v) is 3.31. The van der Waals surface area contributed by atoms with Gasteiger partial charge in [-0.3, -0.25) is 4.79 Å². The van der Waals surface area contributed by atoms with Crippen LogP contribution in [0.15, 0.2) is 0 Å². The Bertz CT molecular complexity index is 436. The first-order valence-corrected chi connectivity index (χ1v) is 12.5. The smallest absolute Gasteiger partial charge is 0.326 e. The maximum Gasteiger partial charge on any atom is 0.326 e. The van der Waals surface area contributed by atoms with E-state index in [4.69, 9.17) is 19.3 Å². The van der Waals surface area contributed by atoms with Crippen molar-refractivity contribution in [1.82, 2.24) is 5.32 Å². The summed E-state index contributed by atoms with van der Waals surface area (Å²) in [4.78, 5) is 22.9. The van der Waals surface area contributed by atoms with E-state index in [0.29, 0.717) is 26.2 Å². The Labute approximate surface area is 194 Å². The van der Waals surface area contributed by atoms with Crippen molar-refractivity contribution in [2.75, 3.05) is 45.4 Å². The number of hydrogen-bond donors (Lipinski definition) is 3.